The van der Waals surface area contributed by atoms with Crippen molar-refractivity contribution in [2.75, 3.05) is 6.54 Å². The maximum absolute atomic E-state index is 14.4. The predicted octanol–water partition coefficient (Wildman–Crippen LogP) is 4.57. The van der Waals surface area contributed by atoms with E-state index in [0.29, 0.717) is 6.04 Å². The second-order valence-electron chi connectivity index (χ2n) is 6.35. The number of nitrogens with zero attached hydrogens (tertiary/aromatic N) is 1. The summed E-state index contributed by atoms with van der Waals surface area (Å²) in [5, 5.41) is 1.93. The quantitative estimate of drug-likeness (QED) is 0.694. The van der Waals surface area contributed by atoms with Crippen LogP contribution in [0.15, 0.2) is 60.7 Å². The molecule has 0 N–H and O–H groups in total. The van der Waals surface area contributed by atoms with Crippen LogP contribution in [-0.4, -0.2) is 17.3 Å². The van der Waals surface area contributed by atoms with Gasteiger partial charge in [-0.25, -0.2) is 4.67 Å². The first-order chi connectivity index (χ1) is 11.3. The molecule has 3 heteroatoms. The summed E-state index contributed by atoms with van der Waals surface area (Å²) in [6.45, 7) is 3.12. The monoisotopic (exact) mass is 327 g/mol. The van der Waals surface area contributed by atoms with E-state index in [4.69, 9.17) is 0 Å². The molecule has 1 aliphatic carbocycles. The second kappa shape index (κ2) is 7.47. The van der Waals surface area contributed by atoms with Gasteiger partial charge in [-0.2, -0.15) is 0 Å². The first-order valence-corrected chi connectivity index (χ1v) is 10.4. The van der Waals surface area contributed by atoms with Crippen LogP contribution in [0, 0.1) is 0 Å². The molecular formula is C20H26NOP. The summed E-state index contributed by atoms with van der Waals surface area (Å²) in [7, 11) is -2.75. The average Bonchev–Trinajstić information content (AvgIpc) is 2.57. The van der Waals surface area contributed by atoms with Crippen LogP contribution in [0.4, 0.5) is 0 Å². The number of hydrogen-bond acceptors (Lipinski definition) is 1. The molecule has 0 atom stereocenters. The maximum Gasteiger partial charge on any atom is 0.207 e. The van der Waals surface area contributed by atoms with Gasteiger partial charge in [0.15, 0.2) is 0 Å². The largest absolute Gasteiger partial charge is 0.296 e. The summed E-state index contributed by atoms with van der Waals surface area (Å²) >= 11 is 0. The number of hydrogen-bond donors (Lipinski definition) is 0. The van der Waals surface area contributed by atoms with Crippen molar-refractivity contribution in [3.8, 4) is 0 Å². The molecule has 0 saturated heterocycles. The van der Waals surface area contributed by atoms with Crippen LogP contribution < -0.4 is 10.6 Å². The Morgan fingerprint density at radius 2 is 1.48 bits per heavy atom. The van der Waals surface area contributed by atoms with Gasteiger partial charge in [0.05, 0.1) is 0 Å². The van der Waals surface area contributed by atoms with E-state index in [0.717, 1.165) is 30.0 Å². The van der Waals surface area contributed by atoms with Gasteiger partial charge in [-0.15, -0.1) is 0 Å². The van der Waals surface area contributed by atoms with E-state index in [1.54, 1.807) is 0 Å². The molecule has 2 aromatic carbocycles. The summed E-state index contributed by atoms with van der Waals surface area (Å²) in [5.74, 6) is 0. The second-order valence-corrected chi connectivity index (χ2v) is 9.05. The molecule has 0 bridgehead atoms. The number of unbranched alkanes of at least 4 members (excludes halogenated alkanes) is 1. The fourth-order valence-electron chi connectivity index (χ4n) is 3.26. The van der Waals surface area contributed by atoms with Crippen LogP contribution in [-0.2, 0) is 4.57 Å². The fourth-order valence-corrected chi connectivity index (χ4v) is 6.42. The Bertz CT molecular complexity index is 608. The topological polar surface area (TPSA) is 20.3 Å². The molecule has 122 valence electrons. The summed E-state index contributed by atoms with van der Waals surface area (Å²) in [6.07, 6.45) is 5.84. The minimum atomic E-state index is -2.75. The Morgan fingerprint density at radius 3 is 1.87 bits per heavy atom. The lowest BCUT2D eigenvalue weighted by Gasteiger charge is -2.42. The third kappa shape index (κ3) is 3.29. The number of rotatable bonds is 7. The lowest BCUT2D eigenvalue weighted by atomic mass is 9.93. The van der Waals surface area contributed by atoms with E-state index < -0.39 is 7.29 Å². The normalized spacial score (nSPS) is 15.6. The van der Waals surface area contributed by atoms with Crippen LogP contribution in [0.3, 0.4) is 0 Å². The zero-order valence-electron chi connectivity index (χ0n) is 13.9. The minimum Gasteiger partial charge on any atom is -0.296 e. The van der Waals surface area contributed by atoms with Gasteiger partial charge in [-0.3, -0.25) is 4.57 Å². The van der Waals surface area contributed by atoms with E-state index in [9.17, 15) is 4.57 Å². The Balaban J connectivity index is 2.08. The molecule has 1 aliphatic rings. The molecule has 0 radical (unpaired) electrons. The predicted molar refractivity (Wildman–Crippen MR) is 99.0 cm³/mol. The van der Waals surface area contributed by atoms with Gasteiger partial charge < -0.3 is 0 Å². The SMILES string of the molecule is CCCCN(C1CCC1)P(=O)(c1ccccc1)c1ccccc1. The van der Waals surface area contributed by atoms with Crippen molar-refractivity contribution in [3.63, 3.8) is 0 Å². The van der Waals surface area contributed by atoms with Gasteiger partial charge >= 0.3 is 0 Å². The maximum atomic E-state index is 14.4. The molecule has 2 aromatic rings. The molecule has 0 spiro atoms. The Kier molecular flexibility index (Phi) is 5.35. The highest BCUT2D eigenvalue weighted by atomic mass is 31.2. The van der Waals surface area contributed by atoms with Crippen molar-refractivity contribution < 1.29 is 4.57 Å². The van der Waals surface area contributed by atoms with E-state index >= 15 is 0 Å². The van der Waals surface area contributed by atoms with E-state index in [2.05, 4.69) is 11.6 Å². The van der Waals surface area contributed by atoms with Gasteiger partial charge in [0.25, 0.3) is 0 Å². The van der Waals surface area contributed by atoms with Gasteiger partial charge in [0.2, 0.25) is 7.29 Å². The highest BCUT2D eigenvalue weighted by Crippen LogP contribution is 2.51. The van der Waals surface area contributed by atoms with Crippen molar-refractivity contribution >= 4 is 17.9 Å². The lowest BCUT2D eigenvalue weighted by Crippen LogP contribution is -2.43. The van der Waals surface area contributed by atoms with E-state index in [1.807, 2.05) is 60.7 Å². The van der Waals surface area contributed by atoms with Gasteiger partial charge in [0, 0.05) is 23.2 Å². The zero-order chi connectivity index (χ0) is 16.1. The van der Waals surface area contributed by atoms with Crippen molar-refractivity contribution in [2.24, 2.45) is 0 Å². The molecule has 0 aromatic heterocycles. The van der Waals surface area contributed by atoms with Crippen LogP contribution in [0.1, 0.15) is 39.0 Å². The zero-order valence-corrected chi connectivity index (χ0v) is 14.8. The highest BCUT2D eigenvalue weighted by Gasteiger charge is 2.40. The van der Waals surface area contributed by atoms with Crippen LogP contribution in [0.5, 0.6) is 0 Å². The van der Waals surface area contributed by atoms with Gasteiger partial charge in [0.1, 0.15) is 0 Å². The molecule has 1 saturated carbocycles. The summed E-state index contributed by atoms with van der Waals surface area (Å²) in [6, 6.07) is 20.6. The molecule has 0 amide bonds. The first kappa shape index (κ1) is 16.5. The lowest BCUT2D eigenvalue weighted by molar-refractivity contribution is 0.219. The third-order valence-corrected chi connectivity index (χ3v) is 8.06. The molecule has 3 rings (SSSR count). The van der Waals surface area contributed by atoms with E-state index in [1.165, 1.54) is 19.3 Å². The molecule has 1 fully saturated rings. The number of benzene rings is 2. The molecule has 0 aliphatic heterocycles. The van der Waals surface area contributed by atoms with Gasteiger partial charge in [-0.1, -0.05) is 56.2 Å². The molecule has 0 unspecified atom stereocenters. The van der Waals surface area contributed by atoms with Crippen molar-refractivity contribution in [1.82, 2.24) is 4.67 Å². The van der Waals surface area contributed by atoms with Crippen molar-refractivity contribution in [1.29, 1.82) is 0 Å². The minimum absolute atomic E-state index is 0.466. The van der Waals surface area contributed by atoms with Crippen molar-refractivity contribution in [2.45, 2.75) is 45.1 Å². The molecule has 2 nitrogen and oxygen atoms in total. The Labute approximate surface area is 140 Å². The first-order valence-electron chi connectivity index (χ1n) is 8.75. The smallest absolute Gasteiger partial charge is 0.207 e. The van der Waals surface area contributed by atoms with Crippen molar-refractivity contribution in [3.05, 3.63) is 60.7 Å². The standard InChI is InChI=1S/C20H26NOP/c1-2-3-17-21(18-11-10-12-18)23(22,19-13-6-4-7-14-19)20-15-8-5-9-16-20/h4-9,13-16,18H,2-3,10-12,17H2,1H3. The molecular weight excluding hydrogens is 301 g/mol. The highest BCUT2D eigenvalue weighted by molar-refractivity contribution is 7.76. The summed E-state index contributed by atoms with van der Waals surface area (Å²) in [4.78, 5) is 0. The summed E-state index contributed by atoms with van der Waals surface area (Å²) < 4.78 is 16.7. The Hall–Kier alpha value is -1.37. The fraction of sp³-hybridized carbons (Fsp3) is 0.400. The van der Waals surface area contributed by atoms with E-state index in [-0.39, 0.29) is 0 Å². The summed E-state index contributed by atoms with van der Waals surface area (Å²) in [5.41, 5.74) is 0. The third-order valence-electron chi connectivity index (χ3n) is 4.81. The molecule has 0 heterocycles. The Morgan fingerprint density at radius 1 is 0.957 bits per heavy atom. The molecule has 23 heavy (non-hydrogen) atoms. The van der Waals surface area contributed by atoms with Gasteiger partial charge in [-0.05, 0) is 43.5 Å². The van der Waals surface area contributed by atoms with Crippen LogP contribution in [0.25, 0.3) is 0 Å². The van der Waals surface area contributed by atoms with Crippen LogP contribution >= 0.6 is 7.29 Å². The van der Waals surface area contributed by atoms with Crippen LogP contribution in [0.2, 0.25) is 0 Å². The average molecular weight is 327 g/mol.